The van der Waals surface area contributed by atoms with E-state index < -0.39 is 5.60 Å². The fourth-order valence-electron chi connectivity index (χ4n) is 3.50. The standard InChI is InChI=1S/C19H22O/c20-19(17-11-5-2-6-12-17)14-8-7-13-18(19)15-16-9-3-1-4-10-16/h1-6,9-12,18,20H,7-8,13-15H2. The highest BCUT2D eigenvalue weighted by Gasteiger charge is 2.39. The summed E-state index contributed by atoms with van der Waals surface area (Å²) in [7, 11) is 0. The van der Waals surface area contributed by atoms with Crippen molar-refractivity contribution in [2.45, 2.75) is 37.7 Å². The molecule has 1 aliphatic rings. The van der Waals surface area contributed by atoms with E-state index in [0.717, 1.165) is 31.2 Å². The zero-order chi connectivity index (χ0) is 13.8. The van der Waals surface area contributed by atoms with Gasteiger partial charge in [0, 0.05) is 0 Å². The maximum Gasteiger partial charge on any atom is 0.0927 e. The van der Waals surface area contributed by atoms with Gasteiger partial charge in [-0.25, -0.2) is 0 Å². The van der Waals surface area contributed by atoms with E-state index in [1.165, 1.54) is 12.0 Å². The second-order valence-electron chi connectivity index (χ2n) is 5.92. The molecule has 1 fully saturated rings. The lowest BCUT2D eigenvalue weighted by molar-refractivity contribution is -0.0542. The van der Waals surface area contributed by atoms with Gasteiger partial charge in [0.05, 0.1) is 5.60 Å². The molecule has 1 aliphatic carbocycles. The third-order valence-electron chi connectivity index (χ3n) is 4.63. The molecule has 0 aliphatic heterocycles. The normalized spacial score (nSPS) is 26.4. The lowest BCUT2D eigenvalue weighted by Gasteiger charge is -2.40. The van der Waals surface area contributed by atoms with Crippen LogP contribution in [0, 0.1) is 5.92 Å². The van der Waals surface area contributed by atoms with Crippen LogP contribution in [0.1, 0.15) is 36.8 Å². The maximum atomic E-state index is 11.3. The van der Waals surface area contributed by atoms with Crippen LogP contribution in [0.2, 0.25) is 0 Å². The molecular formula is C19H22O. The maximum absolute atomic E-state index is 11.3. The largest absolute Gasteiger partial charge is 0.385 e. The molecule has 2 atom stereocenters. The highest BCUT2D eigenvalue weighted by molar-refractivity contribution is 5.25. The van der Waals surface area contributed by atoms with Crippen LogP contribution in [0.4, 0.5) is 0 Å². The molecule has 0 saturated heterocycles. The second-order valence-corrected chi connectivity index (χ2v) is 5.92. The molecule has 0 radical (unpaired) electrons. The Morgan fingerprint density at radius 1 is 0.900 bits per heavy atom. The summed E-state index contributed by atoms with van der Waals surface area (Å²) in [5.74, 6) is 0.320. The third kappa shape index (κ3) is 2.64. The number of hydrogen-bond donors (Lipinski definition) is 1. The van der Waals surface area contributed by atoms with Crippen LogP contribution in [0.3, 0.4) is 0 Å². The van der Waals surface area contributed by atoms with E-state index in [4.69, 9.17) is 0 Å². The zero-order valence-electron chi connectivity index (χ0n) is 11.8. The van der Waals surface area contributed by atoms with Crippen LogP contribution in [0.5, 0.6) is 0 Å². The minimum atomic E-state index is -0.657. The van der Waals surface area contributed by atoms with Crippen molar-refractivity contribution in [2.75, 3.05) is 0 Å². The van der Waals surface area contributed by atoms with Crippen molar-refractivity contribution in [1.82, 2.24) is 0 Å². The summed E-state index contributed by atoms with van der Waals surface area (Å²) in [6.07, 6.45) is 5.31. The van der Waals surface area contributed by atoms with Gasteiger partial charge >= 0.3 is 0 Å². The predicted octanol–water partition coefficient (Wildman–Crippen LogP) is 4.31. The van der Waals surface area contributed by atoms with Crippen LogP contribution < -0.4 is 0 Å². The van der Waals surface area contributed by atoms with E-state index in [0.29, 0.717) is 5.92 Å². The molecule has 0 spiro atoms. The average Bonchev–Trinajstić information content (AvgIpc) is 2.52. The SMILES string of the molecule is OC1(c2ccccc2)CCCCC1Cc1ccccc1. The van der Waals surface area contributed by atoms with Gasteiger partial charge in [-0.05, 0) is 36.3 Å². The monoisotopic (exact) mass is 266 g/mol. The van der Waals surface area contributed by atoms with Gasteiger partial charge in [-0.1, -0.05) is 73.5 Å². The summed E-state index contributed by atoms with van der Waals surface area (Å²) in [5, 5.41) is 11.3. The summed E-state index contributed by atoms with van der Waals surface area (Å²) in [6, 6.07) is 20.8. The number of aliphatic hydroxyl groups is 1. The number of benzene rings is 2. The van der Waals surface area contributed by atoms with Crippen LogP contribution in [0.15, 0.2) is 60.7 Å². The predicted molar refractivity (Wildman–Crippen MR) is 82.4 cm³/mol. The van der Waals surface area contributed by atoms with E-state index in [9.17, 15) is 5.11 Å². The molecule has 0 aromatic heterocycles. The Labute approximate surface area is 121 Å². The lowest BCUT2D eigenvalue weighted by Crippen LogP contribution is -2.39. The van der Waals surface area contributed by atoms with E-state index in [-0.39, 0.29) is 0 Å². The second kappa shape index (κ2) is 5.80. The van der Waals surface area contributed by atoms with Crippen molar-refractivity contribution < 1.29 is 5.11 Å². The molecule has 2 aromatic carbocycles. The summed E-state index contributed by atoms with van der Waals surface area (Å²) >= 11 is 0. The fraction of sp³-hybridized carbons (Fsp3) is 0.368. The van der Waals surface area contributed by atoms with Gasteiger partial charge in [0.15, 0.2) is 0 Å². The molecule has 1 nitrogen and oxygen atoms in total. The molecule has 1 saturated carbocycles. The summed E-state index contributed by atoms with van der Waals surface area (Å²) < 4.78 is 0. The Morgan fingerprint density at radius 3 is 2.25 bits per heavy atom. The van der Waals surface area contributed by atoms with E-state index >= 15 is 0 Å². The molecule has 20 heavy (non-hydrogen) atoms. The Morgan fingerprint density at radius 2 is 1.55 bits per heavy atom. The van der Waals surface area contributed by atoms with Gasteiger partial charge < -0.3 is 5.11 Å². The Bertz CT molecular complexity index is 534. The molecule has 1 N–H and O–H groups in total. The van der Waals surface area contributed by atoms with Crippen LogP contribution in [-0.4, -0.2) is 5.11 Å². The summed E-state index contributed by atoms with van der Waals surface area (Å²) in [5.41, 5.74) is 1.75. The average molecular weight is 266 g/mol. The van der Waals surface area contributed by atoms with Crippen LogP contribution in [-0.2, 0) is 12.0 Å². The first kappa shape index (κ1) is 13.4. The van der Waals surface area contributed by atoms with Crippen molar-refractivity contribution >= 4 is 0 Å². The minimum absolute atomic E-state index is 0.320. The third-order valence-corrected chi connectivity index (χ3v) is 4.63. The van der Waals surface area contributed by atoms with Crippen molar-refractivity contribution in [1.29, 1.82) is 0 Å². The first-order chi connectivity index (χ1) is 9.79. The van der Waals surface area contributed by atoms with E-state index in [1.54, 1.807) is 0 Å². The van der Waals surface area contributed by atoms with E-state index in [1.807, 2.05) is 24.3 Å². The molecule has 2 unspecified atom stereocenters. The topological polar surface area (TPSA) is 20.2 Å². The van der Waals surface area contributed by atoms with E-state index in [2.05, 4.69) is 36.4 Å². The van der Waals surface area contributed by atoms with Crippen molar-refractivity contribution in [2.24, 2.45) is 5.92 Å². The molecule has 0 amide bonds. The Balaban J connectivity index is 1.87. The summed E-state index contributed by atoms with van der Waals surface area (Å²) in [6.45, 7) is 0. The molecule has 0 bridgehead atoms. The quantitative estimate of drug-likeness (QED) is 0.877. The highest BCUT2D eigenvalue weighted by Crippen LogP contribution is 2.43. The van der Waals surface area contributed by atoms with Gasteiger partial charge in [-0.2, -0.15) is 0 Å². The van der Waals surface area contributed by atoms with Crippen molar-refractivity contribution in [3.05, 3.63) is 71.8 Å². The molecule has 1 heteroatoms. The van der Waals surface area contributed by atoms with Gasteiger partial charge in [0.25, 0.3) is 0 Å². The first-order valence-corrected chi connectivity index (χ1v) is 7.61. The van der Waals surface area contributed by atoms with Crippen molar-refractivity contribution in [3.63, 3.8) is 0 Å². The number of rotatable bonds is 3. The first-order valence-electron chi connectivity index (χ1n) is 7.61. The van der Waals surface area contributed by atoms with Gasteiger partial charge in [0.2, 0.25) is 0 Å². The van der Waals surface area contributed by atoms with Gasteiger partial charge in [0.1, 0.15) is 0 Å². The zero-order valence-corrected chi connectivity index (χ0v) is 11.8. The molecule has 3 rings (SSSR count). The molecule has 104 valence electrons. The summed E-state index contributed by atoms with van der Waals surface area (Å²) in [4.78, 5) is 0. The number of hydrogen-bond acceptors (Lipinski definition) is 1. The molecular weight excluding hydrogens is 244 g/mol. The van der Waals surface area contributed by atoms with Gasteiger partial charge in [-0.3, -0.25) is 0 Å². The van der Waals surface area contributed by atoms with Crippen LogP contribution >= 0.6 is 0 Å². The molecule has 0 heterocycles. The smallest absolute Gasteiger partial charge is 0.0927 e. The molecule has 2 aromatic rings. The fourth-order valence-corrected chi connectivity index (χ4v) is 3.50. The minimum Gasteiger partial charge on any atom is -0.385 e. The van der Waals surface area contributed by atoms with Crippen LogP contribution in [0.25, 0.3) is 0 Å². The highest BCUT2D eigenvalue weighted by atomic mass is 16.3. The van der Waals surface area contributed by atoms with Gasteiger partial charge in [-0.15, -0.1) is 0 Å². The van der Waals surface area contributed by atoms with Crippen molar-refractivity contribution in [3.8, 4) is 0 Å². The Hall–Kier alpha value is -1.60. The lowest BCUT2D eigenvalue weighted by atomic mass is 9.69. The Kier molecular flexibility index (Phi) is 3.88.